The molecule has 7 nitrogen and oxygen atoms in total. The summed E-state index contributed by atoms with van der Waals surface area (Å²) < 4.78 is 5.56. The number of nitrogens with zero attached hydrogens (tertiary/aromatic N) is 2. The molecular formula is C26H24N2O5. The molecular weight excluding hydrogens is 420 g/mol. The number of allylic oxidation sites excluding steroid dienone is 2. The standard InChI is InChI=1S/C26H24N2O5/c1-16-7-5-12-21-23(16)25(31)28(24(21)30)19-10-6-11-20(14-19)33-26(32)17-13-22(29)27(15-17)18-8-3-2-4-9-18/h2-11,14,16-17,21,23H,12-13,15H2,1H3/t16-,17+,21+,23+/m0/s1. The van der Waals surface area contributed by atoms with Gasteiger partial charge in [-0.2, -0.15) is 0 Å². The van der Waals surface area contributed by atoms with E-state index >= 15 is 0 Å². The minimum Gasteiger partial charge on any atom is -0.426 e. The lowest BCUT2D eigenvalue weighted by molar-refractivity contribution is -0.139. The lowest BCUT2D eigenvalue weighted by atomic mass is 9.78. The fraction of sp³-hybridized carbons (Fsp3) is 0.308. The first kappa shape index (κ1) is 21.1. The molecule has 7 heteroatoms. The normalized spacial score (nSPS) is 26.6. The number of carbonyl (C=O) groups excluding carboxylic acids is 4. The Hall–Kier alpha value is -3.74. The van der Waals surface area contributed by atoms with Crippen LogP contribution in [0.1, 0.15) is 19.8 Å². The molecule has 2 aromatic carbocycles. The lowest BCUT2D eigenvalue weighted by Gasteiger charge is -2.22. The topological polar surface area (TPSA) is 84.0 Å². The van der Waals surface area contributed by atoms with E-state index in [1.54, 1.807) is 23.1 Å². The zero-order valence-corrected chi connectivity index (χ0v) is 18.2. The van der Waals surface area contributed by atoms with Crippen molar-refractivity contribution in [3.8, 4) is 5.75 Å². The van der Waals surface area contributed by atoms with E-state index in [0.717, 1.165) is 5.69 Å². The maximum atomic E-state index is 13.0. The molecule has 2 aromatic rings. The summed E-state index contributed by atoms with van der Waals surface area (Å²) in [7, 11) is 0. The third kappa shape index (κ3) is 3.73. The van der Waals surface area contributed by atoms with Gasteiger partial charge < -0.3 is 9.64 Å². The summed E-state index contributed by atoms with van der Waals surface area (Å²) >= 11 is 0. The van der Waals surface area contributed by atoms with Crippen molar-refractivity contribution in [3.05, 3.63) is 66.7 Å². The number of carbonyl (C=O) groups is 4. The second kappa shape index (κ2) is 8.31. The molecule has 0 spiro atoms. The van der Waals surface area contributed by atoms with Crippen molar-refractivity contribution in [3.63, 3.8) is 0 Å². The van der Waals surface area contributed by atoms with Crippen LogP contribution in [0.3, 0.4) is 0 Å². The van der Waals surface area contributed by atoms with Gasteiger partial charge in [0, 0.05) is 24.7 Å². The Morgan fingerprint density at radius 2 is 1.73 bits per heavy atom. The summed E-state index contributed by atoms with van der Waals surface area (Å²) in [4.78, 5) is 54.0. The summed E-state index contributed by atoms with van der Waals surface area (Å²) in [5, 5.41) is 0. The molecule has 2 heterocycles. The van der Waals surface area contributed by atoms with Gasteiger partial charge in [-0.3, -0.25) is 19.2 Å². The van der Waals surface area contributed by atoms with Crippen LogP contribution in [-0.2, 0) is 19.2 Å². The zero-order valence-electron chi connectivity index (χ0n) is 18.2. The van der Waals surface area contributed by atoms with Gasteiger partial charge in [-0.15, -0.1) is 0 Å². The van der Waals surface area contributed by atoms with E-state index in [2.05, 4.69) is 0 Å². The van der Waals surface area contributed by atoms with Crippen LogP contribution in [0.5, 0.6) is 5.75 Å². The van der Waals surface area contributed by atoms with Crippen LogP contribution >= 0.6 is 0 Å². The van der Waals surface area contributed by atoms with Crippen LogP contribution in [0.15, 0.2) is 66.7 Å². The van der Waals surface area contributed by atoms with Crippen molar-refractivity contribution in [2.75, 3.05) is 16.3 Å². The average Bonchev–Trinajstić information content (AvgIpc) is 3.33. The Bertz CT molecular complexity index is 1160. The Balaban J connectivity index is 1.30. The van der Waals surface area contributed by atoms with Crippen LogP contribution in [-0.4, -0.2) is 30.2 Å². The molecule has 5 rings (SSSR count). The summed E-state index contributed by atoms with van der Waals surface area (Å²) in [6, 6.07) is 15.7. The molecule has 3 aliphatic rings. The van der Waals surface area contributed by atoms with Crippen molar-refractivity contribution < 1.29 is 23.9 Å². The smallest absolute Gasteiger partial charge is 0.316 e. The summed E-state index contributed by atoms with van der Waals surface area (Å²) in [6.07, 6.45) is 4.57. The zero-order chi connectivity index (χ0) is 23.1. The molecule has 1 aliphatic carbocycles. The molecule has 0 radical (unpaired) electrons. The number of imide groups is 1. The SMILES string of the molecule is C[C@H]1C=CC[C@H]2C(=O)N(c3cccc(OC(=O)[C@@H]4CC(=O)N(c5ccccc5)C4)c3)C(=O)[C@H]12. The molecule has 33 heavy (non-hydrogen) atoms. The summed E-state index contributed by atoms with van der Waals surface area (Å²) in [6.45, 7) is 2.19. The number of para-hydroxylation sites is 1. The van der Waals surface area contributed by atoms with Gasteiger partial charge in [-0.1, -0.05) is 43.3 Å². The van der Waals surface area contributed by atoms with Gasteiger partial charge in [-0.05, 0) is 36.6 Å². The number of benzene rings is 2. The van der Waals surface area contributed by atoms with Crippen LogP contribution in [0.25, 0.3) is 0 Å². The number of ether oxygens (including phenoxy) is 1. The van der Waals surface area contributed by atoms with E-state index in [-0.39, 0.29) is 54.2 Å². The van der Waals surface area contributed by atoms with Gasteiger partial charge in [0.1, 0.15) is 5.75 Å². The van der Waals surface area contributed by atoms with E-state index in [4.69, 9.17) is 4.74 Å². The summed E-state index contributed by atoms with van der Waals surface area (Å²) in [5.41, 5.74) is 1.14. The van der Waals surface area contributed by atoms with Crippen LogP contribution < -0.4 is 14.5 Å². The van der Waals surface area contributed by atoms with Gasteiger partial charge in [0.05, 0.1) is 23.4 Å². The Morgan fingerprint density at radius 3 is 2.48 bits per heavy atom. The third-order valence-electron chi connectivity index (χ3n) is 6.69. The van der Waals surface area contributed by atoms with Crippen LogP contribution in [0, 0.1) is 23.7 Å². The lowest BCUT2D eigenvalue weighted by Crippen LogP contribution is -2.31. The maximum Gasteiger partial charge on any atom is 0.316 e. The van der Waals surface area contributed by atoms with Gasteiger partial charge in [0.25, 0.3) is 0 Å². The van der Waals surface area contributed by atoms with Crippen molar-refractivity contribution in [1.82, 2.24) is 0 Å². The molecule has 168 valence electrons. The van der Waals surface area contributed by atoms with Gasteiger partial charge in [0.15, 0.2) is 0 Å². The first-order chi connectivity index (χ1) is 15.9. The van der Waals surface area contributed by atoms with Crippen LogP contribution in [0.2, 0.25) is 0 Å². The fourth-order valence-corrected chi connectivity index (χ4v) is 5.01. The largest absolute Gasteiger partial charge is 0.426 e. The maximum absolute atomic E-state index is 13.0. The quantitative estimate of drug-likeness (QED) is 0.313. The molecule has 0 bridgehead atoms. The number of anilines is 2. The highest BCUT2D eigenvalue weighted by atomic mass is 16.5. The molecule has 2 saturated heterocycles. The van der Waals surface area contributed by atoms with Crippen LogP contribution in [0.4, 0.5) is 11.4 Å². The van der Waals surface area contributed by atoms with E-state index < -0.39 is 11.9 Å². The monoisotopic (exact) mass is 444 g/mol. The molecule has 0 N–H and O–H groups in total. The third-order valence-corrected chi connectivity index (χ3v) is 6.69. The molecule has 4 atom stereocenters. The van der Waals surface area contributed by atoms with Gasteiger partial charge in [0.2, 0.25) is 17.7 Å². The highest BCUT2D eigenvalue weighted by Crippen LogP contribution is 2.41. The van der Waals surface area contributed by atoms with Gasteiger partial charge in [-0.25, -0.2) is 4.90 Å². The number of esters is 1. The number of amides is 3. The van der Waals surface area contributed by atoms with E-state index in [9.17, 15) is 19.2 Å². The Morgan fingerprint density at radius 1 is 0.970 bits per heavy atom. The van der Waals surface area contributed by atoms with E-state index in [1.807, 2.05) is 49.4 Å². The highest BCUT2D eigenvalue weighted by molar-refractivity contribution is 6.22. The predicted molar refractivity (Wildman–Crippen MR) is 121 cm³/mol. The van der Waals surface area contributed by atoms with Crippen molar-refractivity contribution in [2.45, 2.75) is 19.8 Å². The Kier molecular flexibility index (Phi) is 5.32. The first-order valence-electron chi connectivity index (χ1n) is 11.2. The first-order valence-corrected chi connectivity index (χ1v) is 11.2. The van der Waals surface area contributed by atoms with Crippen molar-refractivity contribution >= 4 is 35.1 Å². The van der Waals surface area contributed by atoms with Crippen molar-refractivity contribution in [1.29, 1.82) is 0 Å². The number of rotatable bonds is 4. The molecule has 0 aromatic heterocycles. The summed E-state index contributed by atoms with van der Waals surface area (Å²) in [5.74, 6) is -2.14. The fourth-order valence-electron chi connectivity index (χ4n) is 5.01. The molecule has 2 aliphatic heterocycles. The predicted octanol–water partition coefficient (Wildman–Crippen LogP) is 3.35. The number of hydrogen-bond acceptors (Lipinski definition) is 5. The van der Waals surface area contributed by atoms with E-state index in [0.29, 0.717) is 12.1 Å². The average molecular weight is 444 g/mol. The molecule has 0 unspecified atom stereocenters. The minimum absolute atomic E-state index is 0.00123. The number of hydrogen-bond donors (Lipinski definition) is 0. The van der Waals surface area contributed by atoms with Gasteiger partial charge >= 0.3 is 5.97 Å². The van der Waals surface area contributed by atoms with Crippen molar-refractivity contribution in [2.24, 2.45) is 23.7 Å². The number of fused-ring (bicyclic) bond motifs is 1. The second-order valence-corrected chi connectivity index (χ2v) is 8.83. The Labute approximate surface area is 191 Å². The second-order valence-electron chi connectivity index (χ2n) is 8.83. The van der Waals surface area contributed by atoms with E-state index in [1.165, 1.54) is 11.0 Å². The minimum atomic E-state index is -0.591. The highest BCUT2D eigenvalue weighted by Gasteiger charge is 2.50. The molecule has 3 amide bonds. The molecule has 2 fully saturated rings. The molecule has 0 saturated carbocycles.